The number of rotatable bonds is 4. The molecule has 1 aliphatic heterocycles. The second-order valence-corrected chi connectivity index (χ2v) is 5.27. The quantitative estimate of drug-likeness (QED) is 0.887. The van der Waals surface area contributed by atoms with Crippen molar-refractivity contribution < 1.29 is 9.90 Å². The zero-order valence-corrected chi connectivity index (χ0v) is 11.5. The Kier molecular flexibility index (Phi) is 4.50. The zero-order chi connectivity index (χ0) is 13.8. The van der Waals surface area contributed by atoms with Crippen LogP contribution in [0, 0.1) is 0 Å². The molecule has 104 valence electrons. The fourth-order valence-corrected chi connectivity index (χ4v) is 2.59. The van der Waals surface area contributed by atoms with Crippen molar-refractivity contribution in [1.82, 2.24) is 14.8 Å². The number of hydrogen-bond donors (Lipinski definition) is 1. The van der Waals surface area contributed by atoms with Gasteiger partial charge in [-0.05, 0) is 51.7 Å². The van der Waals surface area contributed by atoms with Crippen molar-refractivity contribution in [3.63, 3.8) is 0 Å². The Morgan fingerprint density at radius 1 is 1.53 bits per heavy atom. The Morgan fingerprint density at radius 3 is 2.84 bits per heavy atom. The lowest BCUT2D eigenvalue weighted by Crippen LogP contribution is -2.41. The van der Waals surface area contributed by atoms with Crippen LogP contribution < -0.4 is 0 Å². The minimum atomic E-state index is -0.952. The fraction of sp³-hybridized carbons (Fsp3) is 0.571. The molecule has 2 heterocycles. The standard InChI is InChI=1S/C14H21N3O2/c1-16-8-5-12(6-9-16)17(2)10-11-4-3-7-15-13(11)14(18)19/h3-4,7,12H,5-6,8-10H2,1-2H3,(H,18,19). The Hall–Kier alpha value is -1.46. The molecule has 1 aliphatic rings. The van der Waals surface area contributed by atoms with Gasteiger partial charge in [-0.3, -0.25) is 4.90 Å². The van der Waals surface area contributed by atoms with Gasteiger partial charge in [0.15, 0.2) is 5.69 Å². The first-order chi connectivity index (χ1) is 9.08. The Morgan fingerprint density at radius 2 is 2.21 bits per heavy atom. The summed E-state index contributed by atoms with van der Waals surface area (Å²) in [6, 6.07) is 4.17. The van der Waals surface area contributed by atoms with Gasteiger partial charge in [-0.15, -0.1) is 0 Å². The van der Waals surface area contributed by atoms with E-state index in [1.165, 1.54) is 6.20 Å². The second-order valence-electron chi connectivity index (χ2n) is 5.27. The van der Waals surface area contributed by atoms with E-state index in [4.69, 9.17) is 5.11 Å². The lowest BCUT2D eigenvalue weighted by atomic mass is 10.0. The van der Waals surface area contributed by atoms with Gasteiger partial charge in [-0.25, -0.2) is 9.78 Å². The summed E-state index contributed by atoms with van der Waals surface area (Å²) in [5.41, 5.74) is 0.957. The van der Waals surface area contributed by atoms with Crippen molar-refractivity contribution in [2.75, 3.05) is 27.2 Å². The average molecular weight is 263 g/mol. The molecule has 5 heteroatoms. The van der Waals surface area contributed by atoms with Crippen LogP contribution in [0.25, 0.3) is 0 Å². The predicted molar refractivity (Wildman–Crippen MR) is 73.2 cm³/mol. The number of aromatic nitrogens is 1. The maximum absolute atomic E-state index is 11.1. The van der Waals surface area contributed by atoms with E-state index in [0.29, 0.717) is 12.6 Å². The van der Waals surface area contributed by atoms with Gasteiger partial charge >= 0.3 is 5.97 Å². The number of likely N-dealkylation sites (tertiary alicyclic amines) is 1. The van der Waals surface area contributed by atoms with E-state index in [1.54, 1.807) is 6.07 Å². The first-order valence-corrected chi connectivity index (χ1v) is 6.64. The van der Waals surface area contributed by atoms with Gasteiger partial charge in [0.25, 0.3) is 0 Å². The van der Waals surface area contributed by atoms with E-state index in [-0.39, 0.29) is 5.69 Å². The highest BCUT2D eigenvalue weighted by Crippen LogP contribution is 2.17. The molecule has 0 spiro atoms. The number of aromatic carboxylic acids is 1. The van der Waals surface area contributed by atoms with Gasteiger partial charge in [-0.2, -0.15) is 0 Å². The third-order valence-electron chi connectivity index (χ3n) is 3.83. The molecule has 19 heavy (non-hydrogen) atoms. The van der Waals surface area contributed by atoms with Gasteiger partial charge < -0.3 is 10.0 Å². The van der Waals surface area contributed by atoms with E-state index in [1.807, 2.05) is 6.07 Å². The van der Waals surface area contributed by atoms with E-state index in [9.17, 15) is 4.79 Å². The molecule has 1 saturated heterocycles. The Balaban J connectivity index is 2.02. The predicted octanol–water partition coefficient (Wildman–Crippen LogP) is 1.31. The number of hydrogen-bond acceptors (Lipinski definition) is 4. The molecule has 0 bridgehead atoms. The lowest BCUT2D eigenvalue weighted by molar-refractivity contribution is 0.0686. The third kappa shape index (κ3) is 3.52. The minimum absolute atomic E-state index is 0.169. The van der Waals surface area contributed by atoms with Crippen LogP contribution in [0.2, 0.25) is 0 Å². The molecule has 0 aliphatic carbocycles. The van der Waals surface area contributed by atoms with Crippen LogP contribution in [0.1, 0.15) is 28.9 Å². The molecule has 0 unspecified atom stereocenters. The van der Waals surface area contributed by atoms with E-state index >= 15 is 0 Å². The average Bonchev–Trinajstić information content (AvgIpc) is 2.39. The van der Waals surface area contributed by atoms with Crippen molar-refractivity contribution >= 4 is 5.97 Å². The molecule has 0 atom stereocenters. The second kappa shape index (κ2) is 6.12. The molecule has 2 rings (SSSR count). The summed E-state index contributed by atoms with van der Waals surface area (Å²) in [5.74, 6) is -0.952. The van der Waals surface area contributed by atoms with Crippen LogP contribution in [-0.4, -0.2) is 59.1 Å². The highest BCUT2D eigenvalue weighted by atomic mass is 16.4. The van der Waals surface area contributed by atoms with E-state index in [2.05, 4.69) is 28.9 Å². The van der Waals surface area contributed by atoms with Crippen LogP contribution in [0.15, 0.2) is 18.3 Å². The summed E-state index contributed by atoms with van der Waals surface area (Å²) < 4.78 is 0. The number of nitrogens with zero attached hydrogens (tertiary/aromatic N) is 3. The van der Waals surface area contributed by atoms with Crippen LogP contribution in [0.5, 0.6) is 0 Å². The van der Waals surface area contributed by atoms with Gasteiger partial charge in [0.1, 0.15) is 0 Å². The van der Waals surface area contributed by atoms with Crippen molar-refractivity contribution in [3.8, 4) is 0 Å². The molecule has 1 aromatic heterocycles. The summed E-state index contributed by atoms with van der Waals surface area (Å²) in [6.45, 7) is 2.85. The van der Waals surface area contributed by atoms with E-state index in [0.717, 1.165) is 31.5 Å². The largest absolute Gasteiger partial charge is 0.477 e. The highest BCUT2D eigenvalue weighted by Gasteiger charge is 2.22. The van der Waals surface area contributed by atoms with Gasteiger partial charge in [-0.1, -0.05) is 6.07 Å². The van der Waals surface area contributed by atoms with Gasteiger partial charge in [0.05, 0.1) is 0 Å². The molecule has 0 amide bonds. The van der Waals surface area contributed by atoms with Crippen LogP contribution in [0.4, 0.5) is 0 Å². The fourth-order valence-electron chi connectivity index (χ4n) is 2.59. The first kappa shape index (κ1) is 14.0. The van der Waals surface area contributed by atoms with Crippen molar-refractivity contribution in [2.45, 2.75) is 25.4 Å². The SMILES string of the molecule is CN1CCC(N(C)Cc2cccnc2C(=O)O)CC1. The topological polar surface area (TPSA) is 56.7 Å². The van der Waals surface area contributed by atoms with Crippen LogP contribution in [0.3, 0.4) is 0 Å². The molecule has 1 fully saturated rings. The smallest absolute Gasteiger partial charge is 0.354 e. The number of carboxylic acids is 1. The van der Waals surface area contributed by atoms with Crippen molar-refractivity contribution in [3.05, 3.63) is 29.6 Å². The maximum Gasteiger partial charge on any atom is 0.354 e. The normalized spacial score (nSPS) is 17.8. The van der Waals surface area contributed by atoms with Gasteiger partial charge in [0.2, 0.25) is 0 Å². The molecule has 1 N–H and O–H groups in total. The zero-order valence-electron chi connectivity index (χ0n) is 11.5. The van der Waals surface area contributed by atoms with Crippen molar-refractivity contribution in [2.24, 2.45) is 0 Å². The summed E-state index contributed by atoms with van der Waals surface area (Å²) in [7, 11) is 4.20. The molecule has 0 aromatic carbocycles. The highest BCUT2D eigenvalue weighted by molar-refractivity contribution is 5.86. The lowest BCUT2D eigenvalue weighted by Gasteiger charge is -2.35. The number of carboxylic acid groups (broad SMARTS) is 1. The number of carbonyl (C=O) groups is 1. The Labute approximate surface area is 113 Å². The monoisotopic (exact) mass is 263 g/mol. The van der Waals surface area contributed by atoms with Crippen LogP contribution >= 0.6 is 0 Å². The summed E-state index contributed by atoms with van der Waals surface area (Å²) in [5, 5.41) is 9.14. The molecular formula is C14H21N3O2. The first-order valence-electron chi connectivity index (χ1n) is 6.64. The molecule has 0 saturated carbocycles. The molecule has 1 aromatic rings. The Bertz CT molecular complexity index is 442. The van der Waals surface area contributed by atoms with E-state index < -0.39 is 5.97 Å². The number of pyridine rings is 1. The maximum atomic E-state index is 11.1. The van der Waals surface area contributed by atoms with Crippen LogP contribution in [-0.2, 0) is 6.54 Å². The summed E-state index contributed by atoms with van der Waals surface area (Å²) in [4.78, 5) is 19.7. The summed E-state index contributed by atoms with van der Waals surface area (Å²) in [6.07, 6.45) is 3.80. The molecule has 0 radical (unpaired) electrons. The van der Waals surface area contributed by atoms with Gasteiger partial charge in [0, 0.05) is 18.8 Å². The molecule has 5 nitrogen and oxygen atoms in total. The number of piperidine rings is 1. The van der Waals surface area contributed by atoms with Crippen molar-refractivity contribution in [1.29, 1.82) is 0 Å². The third-order valence-corrected chi connectivity index (χ3v) is 3.83. The molecular weight excluding hydrogens is 242 g/mol. The minimum Gasteiger partial charge on any atom is -0.477 e. The summed E-state index contributed by atoms with van der Waals surface area (Å²) >= 11 is 0.